The fourth-order valence-corrected chi connectivity index (χ4v) is 1.41. The van der Waals surface area contributed by atoms with Gasteiger partial charge in [-0.2, -0.15) is 0 Å². The van der Waals surface area contributed by atoms with Crippen molar-refractivity contribution in [2.45, 2.75) is 39.2 Å². The van der Waals surface area contributed by atoms with Crippen LogP contribution in [0.4, 0.5) is 0 Å². The van der Waals surface area contributed by atoms with E-state index in [4.69, 9.17) is 9.52 Å². The zero-order valence-corrected chi connectivity index (χ0v) is 10.2. The average Bonchev–Trinajstić information content (AvgIpc) is 2.61. The van der Waals surface area contributed by atoms with Crippen LogP contribution in [0, 0.1) is 6.92 Å². The number of furan rings is 1. The Morgan fingerprint density at radius 1 is 1.41 bits per heavy atom. The van der Waals surface area contributed by atoms with Gasteiger partial charge >= 0.3 is 5.97 Å². The van der Waals surface area contributed by atoms with Gasteiger partial charge in [-0.25, -0.2) is 0 Å². The quantitative estimate of drug-likeness (QED) is 0.823. The number of carbonyl (C=O) groups is 2. The molecule has 0 fully saturated rings. The van der Waals surface area contributed by atoms with Crippen molar-refractivity contribution in [3.63, 3.8) is 0 Å². The monoisotopic (exact) mass is 239 g/mol. The van der Waals surface area contributed by atoms with Crippen LogP contribution in [-0.4, -0.2) is 22.5 Å². The lowest BCUT2D eigenvalue weighted by Gasteiger charge is -2.24. The fraction of sp³-hybridized carbons (Fsp3) is 0.500. The molecule has 5 heteroatoms. The van der Waals surface area contributed by atoms with Gasteiger partial charge in [-0.1, -0.05) is 0 Å². The smallest absolute Gasteiger partial charge is 0.303 e. The molecule has 0 unspecified atom stereocenters. The Labute approximate surface area is 99.8 Å². The van der Waals surface area contributed by atoms with E-state index in [1.807, 2.05) is 0 Å². The molecule has 0 spiro atoms. The van der Waals surface area contributed by atoms with Crippen molar-refractivity contribution in [1.82, 2.24) is 5.32 Å². The number of aliphatic carboxylic acids is 1. The Kier molecular flexibility index (Phi) is 3.93. The summed E-state index contributed by atoms with van der Waals surface area (Å²) in [6, 6.07) is 3.30. The minimum atomic E-state index is -0.874. The van der Waals surface area contributed by atoms with Crippen LogP contribution in [0.25, 0.3) is 0 Å². The number of nitrogens with one attached hydrogen (secondary N) is 1. The maximum absolute atomic E-state index is 11.8. The van der Waals surface area contributed by atoms with E-state index in [1.54, 1.807) is 32.9 Å². The van der Waals surface area contributed by atoms with Crippen molar-refractivity contribution in [3.8, 4) is 0 Å². The molecule has 1 rings (SSSR count). The third-order valence-corrected chi connectivity index (χ3v) is 2.38. The summed E-state index contributed by atoms with van der Waals surface area (Å²) in [6.07, 6.45) is 0.387. The molecule has 17 heavy (non-hydrogen) atoms. The van der Waals surface area contributed by atoms with Gasteiger partial charge in [0.1, 0.15) is 5.76 Å². The standard InChI is InChI=1S/C12H17NO4/c1-8-4-5-9(17-8)11(16)13-12(2,3)7-6-10(14)15/h4-5H,6-7H2,1-3H3,(H,13,16)(H,14,15). The van der Waals surface area contributed by atoms with Crippen molar-refractivity contribution in [1.29, 1.82) is 0 Å². The zero-order valence-electron chi connectivity index (χ0n) is 10.2. The van der Waals surface area contributed by atoms with E-state index < -0.39 is 11.5 Å². The number of amides is 1. The predicted octanol–water partition coefficient (Wildman–Crippen LogP) is 1.96. The molecular weight excluding hydrogens is 222 g/mol. The molecule has 0 aliphatic rings. The fourth-order valence-electron chi connectivity index (χ4n) is 1.41. The van der Waals surface area contributed by atoms with Gasteiger partial charge in [-0.15, -0.1) is 0 Å². The van der Waals surface area contributed by atoms with Crippen molar-refractivity contribution >= 4 is 11.9 Å². The average molecular weight is 239 g/mol. The number of carboxylic acids is 1. The first kappa shape index (κ1) is 13.3. The molecule has 0 aromatic carbocycles. The SMILES string of the molecule is Cc1ccc(C(=O)NC(C)(C)CCC(=O)O)o1. The second-order valence-electron chi connectivity index (χ2n) is 4.64. The van der Waals surface area contributed by atoms with Crippen LogP contribution in [0.5, 0.6) is 0 Å². The number of hydrogen-bond acceptors (Lipinski definition) is 3. The molecule has 94 valence electrons. The molecule has 0 radical (unpaired) electrons. The Morgan fingerprint density at radius 2 is 2.06 bits per heavy atom. The summed E-state index contributed by atoms with van der Waals surface area (Å²) in [7, 11) is 0. The molecule has 2 N–H and O–H groups in total. The zero-order chi connectivity index (χ0) is 13.1. The van der Waals surface area contributed by atoms with Crippen LogP contribution in [-0.2, 0) is 4.79 Å². The summed E-state index contributed by atoms with van der Waals surface area (Å²) < 4.78 is 5.19. The summed E-state index contributed by atoms with van der Waals surface area (Å²) in [4.78, 5) is 22.2. The van der Waals surface area contributed by atoms with Gasteiger partial charge in [0.2, 0.25) is 0 Å². The van der Waals surface area contributed by atoms with Gasteiger partial charge in [0.05, 0.1) is 0 Å². The molecule has 0 aliphatic heterocycles. The molecule has 0 saturated heterocycles. The third-order valence-electron chi connectivity index (χ3n) is 2.38. The highest BCUT2D eigenvalue weighted by molar-refractivity contribution is 5.92. The summed E-state index contributed by atoms with van der Waals surface area (Å²) in [6.45, 7) is 5.32. The normalized spacial score (nSPS) is 11.2. The molecule has 1 aromatic rings. The number of carbonyl (C=O) groups excluding carboxylic acids is 1. The Bertz CT molecular complexity index is 420. The molecule has 1 amide bonds. The minimum Gasteiger partial charge on any atom is -0.481 e. The molecule has 0 bridgehead atoms. The molecule has 1 aromatic heterocycles. The van der Waals surface area contributed by atoms with E-state index in [0.29, 0.717) is 12.2 Å². The van der Waals surface area contributed by atoms with E-state index in [1.165, 1.54) is 0 Å². The lowest BCUT2D eigenvalue weighted by atomic mass is 9.98. The maximum atomic E-state index is 11.8. The van der Waals surface area contributed by atoms with Crippen molar-refractivity contribution < 1.29 is 19.1 Å². The lowest BCUT2D eigenvalue weighted by molar-refractivity contribution is -0.137. The Hall–Kier alpha value is -1.78. The van der Waals surface area contributed by atoms with E-state index in [2.05, 4.69) is 5.32 Å². The van der Waals surface area contributed by atoms with E-state index in [-0.39, 0.29) is 18.1 Å². The molecule has 0 atom stereocenters. The molecular formula is C12H17NO4. The van der Waals surface area contributed by atoms with Gasteiger partial charge in [-0.05, 0) is 39.3 Å². The van der Waals surface area contributed by atoms with Gasteiger partial charge in [0.15, 0.2) is 5.76 Å². The molecule has 1 heterocycles. The summed E-state index contributed by atoms with van der Waals surface area (Å²) in [5, 5.41) is 11.3. The first-order valence-electron chi connectivity index (χ1n) is 5.41. The highest BCUT2D eigenvalue weighted by atomic mass is 16.4. The number of rotatable bonds is 5. The topological polar surface area (TPSA) is 79.5 Å². The number of carboxylic acid groups (broad SMARTS) is 1. The molecule has 0 aliphatic carbocycles. The molecule has 0 saturated carbocycles. The highest BCUT2D eigenvalue weighted by Crippen LogP contribution is 2.13. The molecule has 5 nitrogen and oxygen atoms in total. The van der Waals surface area contributed by atoms with Gasteiger partial charge in [0.25, 0.3) is 5.91 Å². The van der Waals surface area contributed by atoms with Crippen LogP contribution in [0.15, 0.2) is 16.5 Å². The number of aryl methyl sites for hydroxylation is 1. The van der Waals surface area contributed by atoms with Crippen LogP contribution >= 0.6 is 0 Å². The maximum Gasteiger partial charge on any atom is 0.303 e. The third kappa shape index (κ3) is 4.30. The van der Waals surface area contributed by atoms with Crippen LogP contribution in [0.1, 0.15) is 43.0 Å². The van der Waals surface area contributed by atoms with Crippen molar-refractivity contribution in [2.24, 2.45) is 0 Å². The predicted molar refractivity (Wildman–Crippen MR) is 61.9 cm³/mol. The second kappa shape index (κ2) is 5.03. The Balaban J connectivity index is 2.58. The van der Waals surface area contributed by atoms with E-state index >= 15 is 0 Å². The first-order valence-corrected chi connectivity index (χ1v) is 5.41. The van der Waals surface area contributed by atoms with Crippen molar-refractivity contribution in [3.05, 3.63) is 23.7 Å². The van der Waals surface area contributed by atoms with Crippen molar-refractivity contribution in [2.75, 3.05) is 0 Å². The van der Waals surface area contributed by atoms with Gasteiger partial charge in [0, 0.05) is 12.0 Å². The summed E-state index contributed by atoms with van der Waals surface area (Å²) in [5.74, 6) is -0.293. The summed E-state index contributed by atoms with van der Waals surface area (Å²) >= 11 is 0. The van der Waals surface area contributed by atoms with Gasteiger partial charge in [-0.3, -0.25) is 9.59 Å². The largest absolute Gasteiger partial charge is 0.481 e. The highest BCUT2D eigenvalue weighted by Gasteiger charge is 2.23. The van der Waals surface area contributed by atoms with E-state index in [9.17, 15) is 9.59 Å². The van der Waals surface area contributed by atoms with Crippen LogP contribution in [0.3, 0.4) is 0 Å². The Morgan fingerprint density at radius 3 is 2.53 bits per heavy atom. The van der Waals surface area contributed by atoms with Crippen LogP contribution in [0.2, 0.25) is 0 Å². The van der Waals surface area contributed by atoms with Gasteiger partial charge < -0.3 is 14.8 Å². The summed E-state index contributed by atoms with van der Waals surface area (Å²) in [5.41, 5.74) is -0.573. The minimum absolute atomic E-state index is 0.0183. The second-order valence-corrected chi connectivity index (χ2v) is 4.64. The lowest BCUT2D eigenvalue weighted by Crippen LogP contribution is -2.43. The number of hydrogen-bond donors (Lipinski definition) is 2. The first-order chi connectivity index (χ1) is 7.80. The van der Waals surface area contributed by atoms with Crippen LogP contribution < -0.4 is 5.32 Å². The van der Waals surface area contributed by atoms with E-state index in [0.717, 1.165) is 0 Å².